The van der Waals surface area contributed by atoms with E-state index in [4.69, 9.17) is 4.74 Å². The first-order valence-corrected chi connectivity index (χ1v) is 16.0. The average Bonchev–Trinajstić information content (AvgIpc) is 3.50. The van der Waals surface area contributed by atoms with E-state index in [0.29, 0.717) is 17.6 Å². The van der Waals surface area contributed by atoms with Crippen molar-refractivity contribution in [3.63, 3.8) is 0 Å². The minimum atomic E-state index is -1.59. The van der Waals surface area contributed by atoms with E-state index in [1.54, 1.807) is 0 Å². The van der Waals surface area contributed by atoms with Gasteiger partial charge in [-0.3, -0.25) is 9.59 Å². The van der Waals surface area contributed by atoms with Crippen molar-refractivity contribution in [1.29, 1.82) is 0 Å². The maximum absolute atomic E-state index is 12.6. The predicted octanol–water partition coefficient (Wildman–Crippen LogP) is 1.50. The Hall–Kier alpha value is -2.91. The third-order valence-electron chi connectivity index (χ3n) is 7.96. The Morgan fingerprint density at radius 2 is 1.59 bits per heavy atom. The maximum Gasteiger partial charge on any atom is 0.239 e. The van der Waals surface area contributed by atoms with E-state index in [-0.39, 0.29) is 18.3 Å². The molecule has 2 aromatic rings. The largest absolute Gasteiger partial charge is 0.394 e. The molecule has 1 saturated heterocycles. The van der Waals surface area contributed by atoms with Crippen molar-refractivity contribution in [3.8, 4) is 0 Å². The third kappa shape index (κ3) is 11.2. The molecule has 248 valence electrons. The second kappa shape index (κ2) is 18.8. The van der Waals surface area contributed by atoms with Crippen LogP contribution >= 0.6 is 0 Å². The molecular weight excluding hydrogens is 570 g/mol. The highest BCUT2D eigenvalue weighted by Gasteiger charge is 2.48. The van der Waals surface area contributed by atoms with Gasteiger partial charge < -0.3 is 46.1 Å². The van der Waals surface area contributed by atoms with Gasteiger partial charge in [-0.25, -0.2) is 15.0 Å². The second-order valence-electron chi connectivity index (χ2n) is 12.1. The molecule has 0 spiro atoms. The van der Waals surface area contributed by atoms with E-state index in [1.807, 2.05) is 0 Å². The number of rotatable bonds is 20. The molecule has 0 aliphatic carbocycles. The number of aliphatic hydroxyl groups excluding tert-OH is 4. The number of hydrogen-bond acceptors (Lipinski definition) is 11. The van der Waals surface area contributed by atoms with Crippen LogP contribution in [0.5, 0.6) is 0 Å². The lowest BCUT2D eigenvalue weighted by Gasteiger charge is -2.44. The standard InChI is InChI=1S/C30H51N7O7/c1-19(2)13-11-9-7-5-3-4-6-8-10-12-14-21(40)31-15-22(41)36-23-25(42)26(43)30(44-27(23)20(39)16-38)37-29-24-28(33-17-32-24)34-18-35-29/h17-20,23,25-27,30,38-39,42-43H,3-16H2,1-2H3,(H,31,40)(H,36,41)(H2,32,33,34,35,37)/t20-,23?,25-,26+,27-,30+/m1/s1. The number of aromatic nitrogens is 4. The molecule has 6 atom stereocenters. The molecule has 14 heteroatoms. The van der Waals surface area contributed by atoms with Crippen LogP contribution in [0.3, 0.4) is 0 Å². The number of nitrogens with one attached hydrogen (secondary N) is 4. The minimum Gasteiger partial charge on any atom is -0.394 e. The van der Waals surface area contributed by atoms with Crippen LogP contribution in [-0.2, 0) is 14.3 Å². The van der Waals surface area contributed by atoms with Crippen LogP contribution < -0.4 is 16.0 Å². The maximum atomic E-state index is 12.6. The summed E-state index contributed by atoms with van der Waals surface area (Å²) in [6.07, 6.45) is 8.79. The lowest BCUT2D eigenvalue weighted by molar-refractivity contribution is -0.204. The summed E-state index contributed by atoms with van der Waals surface area (Å²) >= 11 is 0. The van der Waals surface area contributed by atoms with E-state index in [1.165, 1.54) is 57.6 Å². The Kier molecular flexibility index (Phi) is 15.2. The highest BCUT2D eigenvalue weighted by molar-refractivity contribution is 5.85. The topological polar surface area (TPSA) is 215 Å². The van der Waals surface area contributed by atoms with E-state index < -0.39 is 49.2 Å². The molecule has 0 aromatic carbocycles. The van der Waals surface area contributed by atoms with Crippen molar-refractivity contribution in [2.24, 2.45) is 5.92 Å². The fourth-order valence-electron chi connectivity index (χ4n) is 5.41. The van der Waals surface area contributed by atoms with Crippen LogP contribution in [0.1, 0.15) is 90.9 Å². The van der Waals surface area contributed by atoms with Gasteiger partial charge in [-0.05, 0) is 12.3 Å². The molecule has 0 saturated carbocycles. The summed E-state index contributed by atoms with van der Waals surface area (Å²) in [6, 6.07) is -1.27. The van der Waals surface area contributed by atoms with Crippen LogP contribution in [0.25, 0.3) is 11.2 Å². The summed E-state index contributed by atoms with van der Waals surface area (Å²) in [4.78, 5) is 39.9. The summed E-state index contributed by atoms with van der Waals surface area (Å²) in [6.45, 7) is 3.47. The van der Waals surface area contributed by atoms with E-state index in [0.717, 1.165) is 31.6 Å². The molecular formula is C30H51N7O7. The monoisotopic (exact) mass is 621 g/mol. The molecule has 1 unspecified atom stereocenters. The number of anilines is 1. The number of fused-ring (bicyclic) bond motifs is 1. The van der Waals surface area contributed by atoms with Gasteiger partial charge >= 0.3 is 0 Å². The smallest absolute Gasteiger partial charge is 0.239 e. The number of ether oxygens (including phenoxy) is 1. The zero-order chi connectivity index (χ0) is 31.9. The molecule has 3 rings (SSSR count). The number of carbonyl (C=O) groups is 2. The van der Waals surface area contributed by atoms with E-state index in [2.05, 4.69) is 49.7 Å². The van der Waals surface area contributed by atoms with Crippen LogP contribution in [0.4, 0.5) is 5.82 Å². The molecule has 44 heavy (non-hydrogen) atoms. The Morgan fingerprint density at radius 3 is 2.25 bits per heavy atom. The number of carbonyl (C=O) groups excluding carboxylic acids is 2. The van der Waals surface area contributed by atoms with E-state index >= 15 is 0 Å². The molecule has 1 aliphatic rings. The van der Waals surface area contributed by atoms with Crippen molar-refractivity contribution in [1.82, 2.24) is 30.6 Å². The molecule has 8 N–H and O–H groups in total. The lowest BCUT2D eigenvalue weighted by atomic mass is 9.92. The first-order valence-electron chi connectivity index (χ1n) is 16.0. The Labute approximate surface area is 258 Å². The zero-order valence-corrected chi connectivity index (χ0v) is 26.0. The highest BCUT2D eigenvalue weighted by Crippen LogP contribution is 2.26. The number of aliphatic hydroxyl groups is 4. The third-order valence-corrected chi connectivity index (χ3v) is 7.96. The number of hydrogen-bond donors (Lipinski definition) is 8. The SMILES string of the molecule is CC(C)CCCCCCCCCCCCC(=O)NCC(=O)NC1[C@@H](O)[C@H](O)[C@@H](Nc2ncnc3nc[nH]c23)O[C@@H]1[C@H](O)CO. The summed E-state index contributed by atoms with van der Waals surface area (Å²) < 4.78 is 5.79. The number of imidazole rings is 1. The Balaban J connectivity index is 1.35. The summed E-state index contributed by atoms with van der Waals surface area (Å²) in [5.74, 6) is 0.126. The molecule has 1 fully saturated rings. The molecule has 0 bridgehead atoms. The van der Waals surface area contributed by atoms with Gasteiger partial charge in [0.05, 0.1) is 25.5 Å². The van der Waals surface area contributed by atoms with Crippen LogP contribution in [0.15, 0.2) is 12.7 Å². The fraction of sp³-hybridized carbons (Fsp3) is 0.767. The summed E-state index contributed by atoms with van der Waals surface area (Å²) in [7, 11) is 0. The molecule has 2 aromatic heterocycles. The van der Waals surface area contributed by atoms with E-state index in [9.17, 15) is 30.0 Å². The second-order valence-corrected chi connectivity index (χ2v) is 12.1. The van der Waals surface area contributed by atoms with Crippen LogP contribution in [0.2, 0.25) is 0 Å². The number of nitrogens with zero attached hydrogens (tertiary/aromatic N) is 3. The van der Waals surface area contributed by atoms with Crippen molar-refractivity contribution >= 4 is 28.8 Å². The lowest BCUT2D eigenvalue weighted by Crippen LogP contribution is -2.68. The minimum absolute atomic E-state index is 0.231. The Morgan fingerprint density at radius 1 is 0.932 bits per heavy atom. The van der Waals surface area contributed by atoms with Gasteiger partial charge in [0.15, 0.2) is 17.7 Å². The average molecular weight is 622 g/mol. The predicted molar refractivity (Wildman–Crippen MR) is 164 cm³/mol. The van der Waals surface area contributed by atoms with Gasteiger partial charge in [-0.15, -0.1) is 0 Å². The number of amides is 2. The van der Waals surface area contributed by atoms with Gasteiger partial charge in [0.1, 0.15) is 36.3 Å². The molecule has 0 radical (unpaired) electrons. The van der Waals surface area contributed by atoms with Crippen LogP contribution in [-0.4, -0.2) is 102 Å². The summed E-state index contributed by atoms with van der Waals surface area (Å²) in [5.41, 5.74) is 0.794. The number of aromatic amines is 1. The van der Waals surface area contributed by atoms with Crippen molar-refractivity contribution in [2.45, 2.75) is 128 Å². The van der Waals surface area contributed by atoms with Crippen LogP contribution in [0, 0.1) is 5.92 Å². The first-order chi connectivity index (χ1) is 21.2. The zero-order valence-electron chi connectivity index (χ0n) is 26.0. The fourth-order valence-corrected chi connectivity index (χ4v) is 5.41. The normalized spacial score (nSPS) is 22.7. The number of unbranched alkanes of at least 4 members (excludes halogenated alkanes) is 9. The van der Waals surface area contributed by atoms with Gasteiger partial charge in [0.2, 0.25) is 11.8 Å². The molecule has 1 aliphatic heterocycles. The Bertz CT molecular complexity index is 1130. The van der Waals surface area contributed by atoms with Gasteiger partial charge in [-0.2, -0.15) is 0 Å². The number of H-pyrrole nitrogens is 1. The van der Waals surface area contributed by atoms with Crippen molar-refractivity contribution in [2.75, 3.05) is 18.5 Å². The van der Waals surface area contributed by atoms with Gasteiger partial charge in [0.25, 0.3) is 0 Å². The van der Waals surface area contributed by atoms with Crippen molar-refractivity contribution in [3.05, 3.63) is 12.7 Å². The highest BCUT2D eigenvalue weighted by atomic mass is 16.5. The molecule has 2 amide bonds. The quantitative estimate of drug-likeness (QED) is 0.0992. The van der Waals surface area contributed by atoms with Gasteiger partial charge in [0, 0.05) is 6.42 Å². The summed E-state index contributed by atoms with van der Waals surface area (Å²) in [5, 5.41) is 49.6. The first kappa shape index (κ1) is 35.6. The van der Waals surface area contributed by atoms with Gasteiger partial charge in [-0.1, -0.05) is 78.1 Å². The molecule has 14 nitrogen and oxygen atoms in total. The molecule has 3 heterocycles. The van der Waals surface area contributed by atoms with Crippen molar-refractivity contribution < 1.29 is 34.8 Å².